The molecular weight excluding hydrogens is 224 g/mol. The Bertz CT molecular complexity index is 412. The third-order valence-corrected chi connectivity index (χ3v) is 3.49. The molecule has 0 bridgehead atoms. The third-order valence-electron chi connectivity index (χ3n) is 3.49. The molecule has 0 aliphatic carbocycles. The maximum Gasteiger partial charge on any atom is 0.112 e. The van der Waals surface area contributed by atoms with E-state index in [9.17, 15) is 5.26 Å². The van der Waals surface area contributed by atoms with Crippen molar-refractivity contribution in [1.29, 1.82) is 5.26 Å². The summed E-state index contributed by atoms with van der Waals surface area (Å²) in [6.07, 6.45) is 2.13. The predicted molar refractivity (Wildman–Crippen MR) is 70.7 cm³/mol. The van der Waals surface area contributed by atoms with E-state index in [1.54, 1.807) is 0 Å². The van der Waals surface area contributed by atoms with Crippen molar-refractivity contribution in [3.63, 3.8) is 0 Å². The Kier molecular flexibility index (Phi) is 4.35. The molecular formula is C15H20N2O. The maximum atomic E-state index is 9.20. The Balaban J connectivity index is 2.23. The standard InChI is InChI=1S/C15H20N2O/c1-3-7-15-17(12(2)10-16)14(11-18-15)13-8-5-4-6-9-13/h4-6,8-9,12,14-15H,3,7,11H2,1-2H3/t12-,14-,15+/m0/s1. The van der Waals surface area contributed by atoms with E-state index >= 15 is 0 Å². The van der Waals surface area contributed by atoms with Crippen LogP contribution in [0.1, 0.15) is 38.3 Å². The number of benzene rings is 1. The fourth-order valence-corrected chi connectivity index (χ4v) is 2.58. The van der Waals surface area contributed by atoms with Crippen molar-refractivity contribution in [3.05, 3.63) is 35.9 Å². The van der Waals surface area contributed by atoms with Gasteiger partial charge in [0.2, 0.25) is 0 Å². The molecule has 96 valence electrons. The second kappa shape index (κ2) is 5.99. The van der Waals surface area contributed by atoms with Crippen LogP contribution < -0.4 is 0 Å². The van der Waals surface area contributed by atoms with Gasteiger partial charge in [0, 0.05) is 0 Å². The summed E-state index contributed by atoms with van der Waals surface area (Å²) in [7, 11) is 0. The van der Waals surface area contributed by atoms with Crippen molar-refractivity contribution in [2.45, 2.75) is 45.0 Å². The van der Waals surface area contributed by atoms with E-state index in [-0.39, 0.29) is 18.3 Å². The minimum atomic E-state index is -0.116. The Morgan fingerprint density at radius 2 is 2.17 bits per heavy atom. The van der Waals surface area contributed by atoms with Crippen LogP contribution >= 0.6 is 0 Å². The van der Waals surface area contributed by atoms with Crippen molar-refractivity contribution in [3.8, 4) is 6.07 Å². The molecule has 1 heterocycles. The van der Waals surface area contributed by atoms with Gasteiger partial charge in [0.25, 0.3) is 0 Å². The molecule has 2 rings (SSSR count). The van der Waals surface area contributed by atoms with Crippen LogP contribution in [0.15, 0.2) is 30.3 Å². The molecule has 0 aromatic heterocycles. The van der Waals surface area contributed by atoms with Gasteiger partial charge in [-0.2, -0.15) is 5.26 Å². The van der Waals surface area contributed by atoms with Crippen LogP contribution in [0.25, 0.3) is 0 Å². The highest BCUT2D eigenvalue weighted by atomic mass is 16.5. The number of nitrogens with zero attached hydrogens (tertiary/aromatic N) is 2. The summed E-state index contributed by atoms with van der Waals surface area (Å²) in [5.41, 5.74) is 1.23. The van der Waals surface area contributed by atoms with Gasteiger partial charge < -0.3 is 4.74 Å². The van der Waals surface area contributed by atoms with Gasteiger partial charge in [0.15, 0.2) is 0 Å². The molecule has 0 N–H and O–H groups in total. The van der Waals surface area contributed by atoms with Gasteiger partial charge in [-0.15, -0.1) is 0 Å². The maximum absolute atomic E-state index is 9.20. The molecule has 0 amide bonds. The van der Waals surface area contributed by atoms with Crippen molar-refractivity contribution in [2.24, 2.45) is 0 Å². The highest BCUT2D eigenvalue weighted by molar-refractivity contribution is 5.21. The topological polar surface area (TPSA) is 36.3 Å². The van der Waals surface area contributed by atoms with Crippen molar-refractivity contribution >= 4 is 0 Å². The molecule has 0 spiro atoms. The molecule has 0 unspecified atom stereocenters. The first kappa shape index (κ1) is 13.1. The number of nitriles is 1. The first-order valence-electron chi connectivity index (χ1n) is 6.61. The van der Waals surface area contributed by atoms with E-state index in [1.807, 2.05) is 25.1 Å². The lowest BCUT2D eigenvalue weighted by molar-refractivity contribution is 0.0144. The Morgan fingerprint density at radius 1 is 1.44 bits per heavy atom. The summed E-state index contributed by atoms with van der Waals surface area (Å²) in [6.45, 7) is 4.78. The van der Waals surface area contributed by atoms with Gasteiger partial charge in [-0.1, -0.05) is 43.7 Å². The van der Waals surface area contributed by atoms with E-state index in [2.05, 4.69) is 30.0 Å². The van der Waals surface area contributed by atoms with Crippen molar-refractivity contribution in [1.82, 2.24) is 4.90 Å². The summed E-state index contributed by atoms with van der Waals surface area (Å²) < 4.78 is 5.87. The minimum Gasteiger partial charge on any atom is -0.361 e. The zero-order chi connectivity index (χ0) is 13.0. The Hall–Kier alpha value is -1.37. The molecule has 1 fully saturated rings. The molecule has 1 aliphatic heterocycles. The third kappa shape index (κ3) is 2.55. The zero-order valence-corrected chi connectivity index (χ0v) is 11.0. The van der Waals surface area contributed by atoms with Crippen LogP contribution in [0.2, 0.25) is 0 Å². The van der Waals surface area contributed by atoms with Gasteiger partial charge in [0.1, 0.15) is 6.23 Å². The minimum absolute atomic E-state index is 0.0786. The molecule has 3 nitrogen and oxygen atoms in total. The lowest BCUT2D eigenvalue weighted by Gasteiger charge is -2.30. The normalized spacial score (nSPS) is 25.8. The first-order valence-corrected chi connectivity index (χ1v) is 6.61. The smallest absolute Gasteiger partial charge is 0.112 e. The molecule has 0 radical (unpaired) electrons. The molecule has 18 heavy (non-hydrogen) atoms. The van der Waals surface area contributed by atoms with Gasteiger partial charge in [-0.3, -0.25) is 4.90 Å². The average Bonchev–Trinajstić information content (AvgIpc) is 2.83. The summed E-state index contributed by atoms with van der Waals surface area (Å²) in [5, 5.41) is 9.20. The SMILES string of the molecule is CCC[C@H]1OC[C@@H](c2ccccc2)N1[C@@H](C)C#N. The molecule has 1 aromatic carbocycles. The summed E-state index contributed by atoms with van der Waals surface area (Å²) >= 11 is 0. The number of hydrogen-bond acceptors (Lipinski definition) is 3. The van der Waals surface area contributed by atoms with Crippen LogP contribution in [-0.2, 0) is 4.74 Å². The number of rotatable bonds is 4. The fraction of sp³-hybridized carbons (Fsp3) is 0.533. The Labute approximate surface area is 109 Å². The Morgan fingerprint density at radius 3 is 2.78 bits per heavy atom. The van der Waals surface area contributed by atoms with Crippen LogP contribution in [0.5, 0.6) is 0 Å². The van der Waals surface area contributed by atoms with E-state index < -0.39 is 0 Å². The number of ether oxygens (including phenoxy) is 1. The summed E-state index contributed by atoms with van der Waals surface area (Å²) in [6, 6.07) is 12.7. The highest BCUT2D eigenvalue weighted by Gasteiger charge is 2.37. The lowest BCUT2D eigenvalue weighted by Crippen LogP contribution is -2.38. The van der Waals surface area contributed by atoms with Crippen LogP contribution in [0, 0.1) is 11.3 Å². The predicted octanol–water partition coefficient (Wildman–Crippen LogP) is 3.10. The van der Waals surface area contributed by atoms with E-state index in [4.69, 9.17) is 4.74 Å². The van der Waals surface area contributed by atoms with E-state index in [0.717, 1.165) is 12.8 Å². The van der Waals surface area contributed by atoms with Gasteiger partial charge in [-0.25, -0.2) is 0 Å². The molecule has 1 saturated heterocycles. The summed E-state index contributed by atoms with van der Waals surface area (Å²) in [4.78, 5) is 2.21. The molecule has 1 aromatic rings. The zero-order valence-electron chi connectivity index (χ0n) is 11.0. The highest BCUT2D eigenvalue weighted by Crippen LogP contribution is 2.33. The van der Waals surface area contributed by atoms with Crippen molar-refractivity contribution < 1.29 is 4.74 Å². The fourth-order valence-electron chi connectivity index (χ4n) is 2.58. The monoisotopic (exact) mass is 244 g/mol. The summed E-state index contributed by atoms with van der Waals surface area (Å²) in [5.74, 6) is 0. The molecule has 0 saturated carbocycles. The van der Waals surface area contributed by atoms with Gasteiger partial charge in [-0.05, 0) is 18.9 Å². The second-order valence-corrected chi connectivity index (χ2v) is 4.76. The second-order valence-electron chi connectivity index (χ2n) is 4.76. The van der Waals surface area contributed by atoms with Crippen LogP contribution in [0.3, 0.4) is 0 Å². The average molecular weight is 244 g/mol. The van der Waals surface area contributed by atoms with Crippen LogP contribution in [-0.4, -0.2) is 23.8 Å². The molecule has 3 heteroatoms. The van der Waals surface area contributed by atoms with Gasteiger partial charge >= 0.3 is 0 Å². The van der Waals surface area contributed by atoms with Gasteiger partial charge in [0.05, 0.1) is 24.8 Å². The molecule has 1 aliphatic rings. The van der Waals surface area contributed by atoms with Crippen molar-refractivity contribution in [2.75, 3.05) is 6.61 Å². The number of hydrogen-bond donors (Lipinski definition) is 0. The van der Waals surface area contributed by atoms with Crippen LogP contribution in [0.4, 0.5) is 0 Å². The van der Waals surface area contributed by atoms with E-state index in [1.165, 1.54) is 5.56 Å². The molecule has 3 atom stereocenters. The lowest BCUT2D eigenvalue weighted by atomic mass is 10.0. The van der Waals surface area contributed by atoms with E-state index in [0.29, 0.717) is 6.61 Å². The first-order chi connectivity index (χ1) is 8.77. The quantitative estimate of drug-likeness (QED) is 0.816. The largest absolute Gasteiger partial charge is 0.361 e.